The fourth-order valence-electron chi connectivity index (χ4n) is 1.77. The van der Waals surface area contributed by atoms with E-state index < -0.39 is 0 Å². The lowest BCUT2D eigenvalue weighted by Crippen LogP contribution is -1.84. The minimum Gasteiger partial charge on any atom is -0.508 e. The van der Waals surface area contributed by atoms with Crippen LogP contribution >= 0.6 is 0 Å². The van der Waals surface area contributed by atoms with Gasteiger partial charge in [0, 0.05) is 0 Å². The van der Waals surface area contributed by atoms with Crippen molar-refractivity contribution in [3.8, 4) is 11.5 Å². The van der Waals surface area contributed by atoms with E-state index in [1.807, 2.05) is 26.0 Å². The summed E-state index contributed by atoms with van der Waals surface area (Å²) in [5, 5.41) is 21.2. The van der Waals surface area contributed by atoms with Gasteiger partial charge in [-0.25, -0.2) is 0 Å². The molecule has 2 nitrogen and oxygen atoms in total. The van der Waals surface area contributed by atoms with Crippen LogP contribution < -0.4 is 0 Å². The van der Waals surface area contributed by atoms with Crippen molar-refractivity contribution in [2.45, 2.75) is 20.3 Å². The molecule has 78 valence electrons. The Labute approximate surface area is 88.8 Å². The summed E-state index contributed by atoms with van der Waals surface area (Å²) >= 11 is 0. The van der Waals surface area contributed by atoms with Crippen molar-refractivity contribution in [2.24, 2.45) is 0 Å². The molecule has 0 aromatic heterocycles. The van der Waals surface area contributed by atoms with Crippen LogP contribution in [0, 0.1) is 6.92 Å². The zero-order chi connectivity index (χ0) is 11.0. The maximum absolute atomic E-state index is 9.69. The van der Waals surface area contributed by atoms with Gasteiger partial charge in [0.2, 0.25) is 0 Å². The van der Waals surface area contributed by atoms with Gasteiger partial charge in [0.1, 0.15) is 11.5 Å². The highest BCUT2D eigenvalue weighted by Crippen LogP contribution is 2.29. The Hall–Kier alpha value is -1.70. The van der Waals surface area contributed by atoms with E-state index in [1.165, 1.54) is 0 Å². The molecule has 0 saturated carbocycles. The van der Waals surface area contributed by atoms with E-state index in [4.69, 9.17) is 0 Å². The molecule has 2 rings (SSSR count). The van der Waals surface area contributed by atoms with Gasteiger partial charge in [0.25, 0.3) is 0 Å². The van der Waals surface area contributed by atoms with Crippen LogP contribution in [0.25, 0.3) is 10.8 Å². The lowest BCUT2D eigenvalue weighted by Gasteiger charge is -2.07. The van der Waals surface area contributed by atoms with Crippen molar-refractivity contribution in [3.63, 3.8) is 0 Å². The summed E-state index contributed by atoms with van der Waals surface area (Å²) in [5.41, 5.74) is 1.79. The molecule has 0 atom stereocenters. The highest BCUT2D eigenvalue weighted by Gasteiger charge is 2.04. The van der Waals surface area contributed by atoms with Crippen LogP contribution in [-0.2, 0) is 6.42 Å². The van der Waals surface area contributed by atoms with Crippen molar-refractivity contribution >= 4 is 10.8 Å². The van der Waals surface area contributed by atoms with Gasteiger partial charge in [0.15, 0.2) is 0 Å². The van der Waals surface area contributed by atoms with Gasteiger partial charge in [0.05, 0.1) is 0 Å². The normalized spacial score (nSPS) is 10.8. The first-order valence-electron chi connectivity index (χ1n) is 5.07. The van der Waals surface area contributed by atoms with E-state index in [2.05, 4.69) is 0 Å². The molecule has 2 N–H and O–H groups in total. The average Bonchev–Trinajstić information content (AvgIpc) is 2.20. The smallest absolute Gasteiger partial charge is 0.119 e. The van der Waals surface area contributed by atoms with E-state index in [0.29, 0.717) is 5.75 Å². The largest absolute Gasteiger partial charge is 0.508 e. The predicted octanol–water partition coefficient (Wildman–Crippen LogP) is 3.12. The molecular weight excluding hydrogens is 188 g/mol. The lowest BCUT2D eigenvalue weighted by molar-refractivity contribution is 0.469. The van der Waals surface area contributed by atoms with E-state index in [1.54, 1.807) is 12.1 Å². The Morgan fingerprint density at radius 3 is 2.20 bits per heavy atom. The second-order valence-electron chi connectivity index (χ2n) is 3.82. The van der Waals surface area contributed by atoms with Gasteiger partial charge in [-0.05, 0) is 59.5 Å². The standard InChI is InChI=1S/C13H14O2/c1-3-9-5-10-4-8(2)12(14)6-11(10)7-13(9)15/h4-7,14-15H,3H2,1-2H3. The summed E-state index contributed by atoms with van der Waals surface area (Å²) in [4.78, 5) is 0. The third kappa shape index (κ3) is 1.63. The maximum atomic E-state index is 9.69. The Balaban J connectivity index is 2.76. The molecule has 0 fully saturated rings. The lowest BCUT2D eigenvalue weighted by atomic mass is 10.0. The molecule has 2 aromatic carbocycles. The molecule has 0 bridgehead atoms. The quantitative estimate of drug-likeness (QED) is 0.745. The number of phenolic OH excluding ortho intramolecular Hbond substituents is 2. The number of benzene rings is 2. The molecule has 2 aromatic rings. The summed E-state index contributed by atoms with van der Waals surface area (Å²) in [6.45, 7) is 3.88. The molecular formula is C13H14O2. The van der Waals surface area contributed by atoms with Gasteiger partial charge in [-0.2, -0.15) is 0 Å². The van der Waals surface area contributed by atoms with Crippen LogP contribution in [0.1, 0.15) is 18.1 Å². The number of fused-ring (bicyclic) bond motifs is 1. The third-order valence-electron chi connectivity index (χ3n) is 2.73. The highest BCUT2D eigenvalue weighted by molar-refractivity contribution is 5.87. The Morgan fingerprint density at radius 1 is 0.933 bits per heavy atom. The molecule has 0 heterocycles. The number of aromatic hydroxyl groups is 2. The summed E-state index contributed by atoms with van der Waals surface area (Å²) in [5.74, 6) is 0.569. The van der Waals surface area contributed by atoms with Crippen molar-refractivity contribution < 1.29 is 10.2 Å². The SMILES string of the molecule is CCc1cc2cc(C)c(O)cc2cc1O. The van der Waals surface area contributed by atoms with E-state index in [0.717, 1.165) is 28.3 Å². The molecule has 0 unspecified atom stereocenters. The predicted molar refractivity (Wildman–Crippen MR) is 61.4 cm³/mol. The third-order valence-corrected chi connectivity index (χ3v) is 2.73. The average molecular weight is 202 g/mol. The Bertz CT molecular complexity index is 515. The molecule has 0 aliphatic heterocycles. The van der Waals surface area contributed by atoms with E-state index >= 15 is 0 Å². The van der Waals surface area contributed by atoms with Crippen LogP contribution in [0.2, 0.25) is 0 Å². The molecule has 0 radical (unpaired) electrons. The van der Waals surface area contributed by atoms with Gasteiger partial charge >= 0.3 is 0 Å². The van der Waals surface area contributed by atoms with Crippen molar-refractivity contribution in [1.82, 2.24) is 0 Å². The molecule has 0 spiro atoms. The van der Waals surface area contributed by atoms with Gasteiger partial charge in [-0.3, -0.25) is 0 Å². The first-order valence-corrected chi connectivity index (χ1v) is 5.07. The molecule has 0 aliphatic rings. The fraction of sp³-hybridized carbons (Fsp3) is 0.231. The first kappa shape index (κ1) is 9.84. The number of hydrogen-bond donors (Lipinski definition) is 2. The minimum atomic E-state index is 0.270. The number of hydrogen-bond acceptors (Lipinski definition) is 2. The zero-order valence-electron chi connectivity index (χ0n) is 8.91. The molecule has 0 amide bonds. The van der Waals surface area contributed by atoms with E-state index in [-0.39, 0.29) is 5.75 Å². The summed E-state index contributed by atoms with van der Waals surface area (Å²) in [7, 11) is 0. The maximum Gasteiger partial charge on any atom is 0.119 e. The van der Waals surface area contributed by atoms with Crippen LogP contribution in [0.5, 0.6) is 11.5 Å². The molecule has 15 heavy (non-hydrogen) atoms. The number of rotatable bonds is 1. The zero-order valence-corrected chi connectivity index (χ0v) is 8.91. The second-order valence-corrected chi connectivity index (χ2v) is 3.82. The van der Waals surface area contributed by atoms with Crippen LogP contribution in [-0.4, -0.2) is 10.2 Å². The van der Waals surface area contributed by atoms with Crippen molar-refractivity contribution in [2.75, 3.05) is 0 Å². The van der Waals surface area contributed by atoms with Crippen LogP contribution in [0.15, 0.2) is 24.3 Å². The first-order chi connectivity index (χ1) is 7.11. The van der Waals surface area contributed by atoms with Gasteiger partial charge in [-0.15, -0.1) is 0 Å². The number of aryl methyl sites for hydroxylation is 2. The summed E-state index contributed by atoms with van der Waals surface area (Å²) in [6, 6.07) is 7.29. The molecule has 2 heteroatoms. The Kier molecular flexibility index (Phi) is 2.27. The molecule has 0 saturated heterocycles. The minimum absolute atomic E-state index is 0.270. The topological polar surface area (TPSA) is 40.5 Å². The van der Waals surface area contributed by atoms with E-state index in [9.17, 15) is 10.2 Å². The number of phenols is 2. The monoisotopic (exact) mass is 202 g/mol. The summed E-state index contributed by atoms with van der Waals surface area (Å²) in [6.07, 6.45) is 0.807. The second kappa shape index (κ2) is 3.46. The van der Waals surface area contributed by atoms with Crippen molar-refractivity contribution in [3.05, 3.63) is 35.4 Å². The van der Waals surface area contributed by atoms with Crippen LogP contribution in [0.3, 0.4) is 0 Å². The van der Waals surface area contributed by atoms with Crippen LogP contribution in [0.4, 0.5) is 0 Å². The van der Waals surface area contributed by atoms with Gasteiger partial charge in [-0.1, -0.05) is 6.92 Å². The van der Waals surface area contributed by atoms with Crippen molar-refractivity contribution in [1.29, 1.82) is 0 Å². The fourth-order valence-corrected chi connectivity index (χ4v) is 1.77. The summed E-state index contributed by atoms with van der Waals surface area (Å²) < 4.78 is 0. The van der Waals surface area contributed by atoms with Gasteiger partial charge < -0.3 is 10.2 Å². The highest BCUT2D eigenvalue weighted by atomic mass is 16.3. The Morgan fingerprint density at radius 2 is 1.53 bits per heavy atom. The molecule has 0 aliphatic carbocycles.